The Labute approximate surface area is 108 Å². The van der Waals surface area contributed by atoms with E-state index < -0.39 is 19.0 Å². The summed E-state index contributed by atoms with van der Waals surface area (Å²) in [4.78, 5) is 31.6. The van der Waals surface area contributed by atoms with Gasteiger partial charge in [-0.1, -0.05) is 44.2 Å². The third kappa shape index (κ3) is 3.85. The van der Waals surface area contributed by atoms with Gasteiger partial charge >= 0.3 is 13.2 Å². The summed E-state index contributed by atoms with van der Waals surface area (Å²) in [6.07, 6.45) is 0.624. The van der Waals surface area contributed by atoms with Crippen LogP contribution < -0.4 is 5.73 Å². The van der Waals surface area contributed by atoms with Crippen molar-refractivity contribution in [3.63, 3.8) is 0 Å². The molecule has 0 aliphatic heterocycles. The van der Waals surface area contributed by atoms with Gasteiger partial charge in [-0.05, 0) is 12.0 Å². The van der Waals surface area contributed by atoms with Crippen LogP contribution in [0.4, 0.5) is 0 Å². The number of carbonyl (C=O) groups excluding carboxylic acids is 1. The maximum atomic E-state index is 11.9. The summed E-state index contributed by atoms with van der Waals surface area (Å²) < 4.78 is 0. The van der Waals surface area contributed by atoms with Gasteiger partial charge in [0.25, 0.3) is 0 Å². The van der Waals surface area contributed by atoms with Gasteiger partial charge in [0.1, 0.15) is 0 Å². The first-order chi connectivity index (χ1) is 8.35. The Morgan fingerprint density at radius 2 is 1.83 bits per heavy atom. The number of benzene rings is 1. The molecular formula is C13H21NO3P+. The molecule has 4 N–H and O–H groups in total. The summed E-state index contributed by atoms with van der Waals surface area (Å²) in [5, 5.41) is 0. The van der Waals surface area contributed by atoms with Crippen LogP contribution in [0, 0.1) is 5.92 Å². The van der Waals surface area contributed by atoms with Crippen molar-refractivity contribution in [3.8, 4) is 0 Å². The summed E-state index contributed by atoms with van der Waals surface area (Å²) in [5.74, 6) is -0.991. The zero-order chi connectivity index (χ0) is 13.8. The Morgan fingerprint density at radius 1 is 1.28 bits per heavy atom. The molecule has 4 nitrogen and oxygen atoms in total. The van der Waals surface area contributed by atoms with Crippen LogP contribution in [0.5, 0.6) is 0 Å². The summed E-state index contributed by atoms with van der Waals surface area (Å²) in [7, 11) is -3.68. The Hall–Kier alpha value is -0.800. The largest absolute Gasteiger partial charge is 0.354 e. The van der Waals surface area contributed by atoms with E-state index in [2.05, 4.69) is 0 Å². The quantitative estimate of drug-likeness (QED) is 0.689. The van der Waals surface area contributed by atoms with Gasteiger partial charge in [0, 0.05) is 5.92 Å². The van der Waals surface area contributed by atoms with Gasteiger partial charge in [0.2, 0.25) is 0 Å². The molecule has 1 atom stereocenters. The van der Waals surface area contributed by atoms with E-state index in [9.17, 15) is 14.6 Å². The predicted molar refractivity (Wildman–Crippen MR) is 73.9 cm³/mol. The minimum Gasteiger partial charge on any atom is -0.291 e. The fourth-order valence-electron chi connectivity index (χ4n) is 1.64. The average Bonchev–Trinajstić information content (AvgIpc) is 2.35. The summed E-state index contributed by atoms with van der Waals surface area (Å²) >= 11 is 0. The molecule has 0 saturated heterocycles. The van der Waals surface area contributed by atoms with Crippen molar-refractivity contribution in [2.75, 3.05) is 0 Å². The molecule has 1 aromatic rings. The Kier molecular flexibility index (Phi) is 5.42. The fourth-order valence-corrected chi connectivity index (χ4v) is 3.25. The topological polar surface area (TPSA) is 83.6 Å². The van der Waals surface area contributed by atoms with Gasteiger partial charge in [0.05, 0.1) is 6.42 Å². The van der Waals surface area contributed by atoms with Crippen LogP contribution in [0.1, 0.15) is 25.8 Å². The number of nitrogens with two attached hydrogens (primary N) is 1. The molecule has 0 radical (unpaired) electrons. The molecule has 0 amide bonds. The minimum absolute atomic E-state index is 0.116. The van der Waals surface area contributed by atoms with Crippen LogP contribution >= 0.6 is 7.72 Å². The highest BCUT2D eigenvalue weighted by Crippen LogP contribution is 2.56. The molecule has 0 fully saturated rings. The lowest BCUT2D eigenvalue weighted by atomic mass is 10.1. The zero-order valence-electron chi connectivity index (χ0n) is 10.8. The molecule has 1 aromatic carbocycles. The number of carbonyl (C=O) groups is 1. The van der Waals surface area contributed by atoms with Crippen molar-refractivity contribution >= 4 is 13.2 Å². The Bertz CT molecular complexity index is 392. The molecule has 5 heteroatoms. The van der Waals surface area contributed by atoms with E-state index in [1.54, 1.807) is 13.8 Å². The molecule has 0 bridgehead atoms. The van der Waals surface area contributed by atoms with E-state index >= 15 is 0 Å². The standard InChI is InChI=1S/C13H21NO3P/c1-10(2)13(14)18(16,17)12(15)9-8-11-6-4-3-5-7-11/h3-7,10,13,16-17H,8-9,14H2,1-2H3/q+1. The molecule has 0 saturated carbocycles. The van der Waals surface area contributed by atoms with E-state index in [0.717, 1.165) is 5.56 Å². The first-order valence-corrected chi connectivity index (χ1v) is 7.79. The van der Waals surface area contributed by atoms with E-state index in [1.165, 1.54) is 0 Å². The van der Waals surface area contributed by atoms with Crippen molar-refractivity contribution < 1.29 is 14.6 Å². The van der Waals surface area contributed by atoms with E-state index in [0.29, 0.717) is 6.42 Å². The van der Waals surface area contributed by atoms with Crippen molar-refractivity contribution in [3.05, 3.63) is 35.9 Å². The number of hydrogen-bond donors (Lipinski definition) is 3. The minimum atomic E-state index is -3.68. The monoisotopic (exact) mass is 270 g/mol. The second kappa shape index (κ2) is 6.39. The first kappa shape index (κ1) is 15.3. The number of aryl methyl sites for hydroxylation is 1. The maximum Gasteiger partial charge on any atom is 0.354 e. The first-order valence-electron chi connectivity index (χ1n) is 6.03. The lowest BCUT2D eigenvalue weighted by molar-refractivity contribution is -0.113. The summed E-state index contributed by atoms with van der Waals surface area (Å²) in [6.45, 7) is 3.55. The lowest BCUT2D eigenvalue weighted by Crippen LogP contribution is -2.33. The van der Waals surface area contributed by atoms with Gasteiger partial charge in [-0.2, -0.15) is 0 Å². The van der Waals surface area contributed by atoms with Crippen LogP contribution in [-0.4, -0.2) is 21.1 Å². The molecule has 0 aromatic heterocycles. The Morgan fingerprint density at radius 3 is 2.33 bits per heavy atom. The molecule has 0 aliphatic rings. The van der Waals surface area contributed by atoms with Gasteiger partial charge in [0.15, 0.2) is 5.78 Å². The lowest BCUT2D eigenvalue weighted by Gasteiger charge is -2.20. The van der Waals surface area contributed by atoms with Crippen molar-refractivity contribution in [1.29, 1.82) is 0 Å². The number of hydrogen-bond acceptors (Lipinski definition) is 4. The third-order valence-electron chi connectivity index (χ3n) is 2.94. The van der Waals surface area contributed by atoms with Crippen molar-refractivity contribution in [2.24, 2.45) is 11.7 Å². The highest BCUT2D eigenvalue weighted by molar-refractivity contribution is 7.81. The summed E-state index contributed by atoms with van der Waals surface area (Å²) in [5.41, 5.74) is 6.18. The van der Waals surface area contributed by atoms with E-state index in [-0.39, 0.29) is 12.3 Å². The molecular weight excluding hydrogens is 249 g/mol. The average molecular weight is 270 g/mol. The molecule has 1 unspecified atom stereocenters. The Balaban J connectivity index is 2.60. The highest BCUT2D eigenvalue weighted by atomic mass is 31.2. The van der Waals surface area contributed by atoms with Gasteiger partial charge in [-0.25, -0.2) is 14.6 Å². The van der Waals surface area contributed by atoms with Gasteiger partial charge in [-0.3, -0.25) is 5.73 Å². The van der Waals surface area contributed by atoms with E-state index in [1.807, 2.05) is 30.3 Å². The van der Waals surface area contributed by atoms with Crippen molar-refractivity contribution in [1.82, 2.24) is 0 Å². The highest BCUT2D eigenvalue weighted by Gasteiger charge is 2.50. The molecule has 1 rings (SSSR count). The molecule has 0 heterocycles. The smallest absolute Gasteiger partial charge is 0.291 e. The van der Waals surface area contributed by atoms with E-state index in [4.69, 9.17) is 5.73 Å². The third-order valence-corrected chi connectivity index (χ3v) is 5.32. The maximum absolute atomic E-state index is 11.9. The molecule has 18 heavy (non-hydrogen) atoms. The molecule has 0 spiro atoms. The van der Waals surface area contributed by atoms with Gasteiger partial charge < -0.3 is 0 Å². The zero-order valence-corrected chi connectivity index (χ0v) is 11.7. The predicted octanol–water partition coefficient (Wildman–Crippen LogP) is 1.92. The van der Waals surface area contributed by atoms with Crippen LogP contribution in [0.2, 0.25) is 0 Å². The SMILES string of the molecule is CC(C)C(N)[P+](O)(O)C(=O)CCc1ccccc1. The van der Waals surface area contributed by atoms with Crippen molar-refractivity contribution in [2.45, 2.75) is 32.5 Å². The summed E-state index contributed by atoms with van der Waals surface area (Å²) in [6, 6.07) is 9.49. The van der Waals surface area contributed by atoms with Crippen LogP contribution in [0.15, 0.2) is 30.3 Å². The normalized spacial score (nSPS) is 13.7. The van der Waals surface area contributed by atoms with Crippen LogP contribution in [0.25, 0.3) is 0 Å². The fraction of sp³-hybridized carbons (Fsp3) is 0.462. The number of rotatable bonds is 6. The molecule has 0 aliphatic carbocycles. The second-order valence-corrected chi connectivity index (χ2v) is 7.16. The van der Waals surface area contributed by atoms with Gasteiger partial charge in [-0.15, -0.1) is 0 Å². The second-order valence-electron chi connectivity index (χ2n) is 4.76. The van der Waals surface area contributed by atoms with Crippen LogP contribution in [-0.2, 0) is 11.2 Å². The molecule has 100 valence electrons. The van der Waals surface area contributed by atoms with Crippen LogP contribution in [0.3, 0.4) is 0 Å².